The highest BCUT2D eigenvalue weighted by Crippen LogP contribution is 2.22. The molecule has 1 N–H and O–H groups in total. The Morgan fingerprint density at radius 1 is 1.38 bits per heavy atom. The number of anilines is 1. The normalized spacial score (nSPS) is 11.5. The van der Waals surface area contributed by atoms with Crippen molar-refractivity contribution in [3.05, 3.63) is 29.5 Å². The fourth-order valence-corrected chi connectivity index (χ4v) is 1.95. The van der Waals surface area contributed by atoms with Crippen molar-refractivity contribution in [2.45, 2.75) is 19.9 Å². The third-order valence-corrected chi connectivity index (χ3v) is 2.93. The molecule has 0 aliphatic rings. The van der Waals surface area contributed by atoms with E-state index in [4.69, 9.17) is 0 Å². The fourth-order valence-electron chi connectivity index (χ4n) is 1.95. The van der Waals surface area contributed by atoms with Crippen LogP contribution in [0.1, 0.15) is 23.7 Å². The number of nitrogens with one attached hydrogen (secondary N) is 1. The first kappa shape index (κ1) is 13.4. The van der Waals surface area contributed by atoms with E-state index in [1.807, 2.05) is 0 Å². The highest BCUT2D eigenvalue weighted by Gasteiger charge is 2.15. The van der Waals surface area contributed by atoms with E-state index >= 15 is 0 Å². The molecule has 3 rings (SSSR count). The topological polar surface area (TPSA) is 81.7 Å². The van der Waals surface area contributed by atoms with Crippen LogP contribution in [0.3, 0.4) is 0 Å². The van der Waals surface area contributed by atoms with Crippen molar-refractivity contribution >= 4 is 16.9 Å². The maximum atomic E-state index is 12.4. The van der Waals surface area contributed by atoms with E-state index in [2.05, 4.69) is 30.1 Å². The van der Waals surface area contributed by atoms with Gasteiger partial charge in [0.15, 0.2) is 5.65 Å². The van der Waals surface area contributed by atoms with E-state index in [9.17, 15) is 8.78 Å². The molecule has 0 saturated heterocycles. The van der Waals surface area contributed by atoms with Crippen molar-refractivity contribution in [1.82, 2.24) is 24.9 Å². The average molecular weight is 294 g/mol. The van der Waals surface area contributed by atoms with Crippen molar-refractivity contribution in [3.63, 3.8) is 0 Å². The van der Waals surface area contributed by atoms with E-state index in [1.54, 1.807) is 24.9 Å². The van der Waals surface area contributed by atoms with Crippen LogP contribution >= 0.6 is 0 Å². The quantitative estimate of drug-likeness (QED) is 0.794. The van der Waals surface area contributed by atoms with Gasteiger partial charge in [-0.2, -0.15) is 5.10 Å². The Hall–Kier alpha value is -2.58. The molecule has 110 valence electrons. The molecule has 3 aromatic rings. The summed E-state index contributed by atoms with van der Waals surface area (Å²) >= 11 is 0. The van der Waals surface area contributed by atoms with Crippen LogP contribution in [-0.4, -0.2) is 24.9 Å². The summed E-state index contributed by atoms with van der Waals surface area (Å²) in [5.74, 6) is 0.714. The first-order valence-corrected chi connectivity index (χ1v) is 6.18. The largest absolute Gasteiger partial charge is 0.364 e. The summed E-state index contributed by atoms with van der Waals surface area (Å²) in [5, 5.41) is 11.5. The van der Waals surface area contributed by atoms with Gasteiger partial charge in [-0.3, -0.25) is 4.68 Å². The number of hydrogen-bond acceptors (Lipinski definition) is 6. The predicted octanol–water partition coefficient (Wildman–Crippen LogP) is 2.21. The smallest absolute Gasteiger partial charge is 0.298 e. The maximum absolute atomic E-state index is 12.4. The summed E-state index contributed by atoms with van der Waals surface area (Å²) in [4.78, 5) is 8.58. The van der Waals surface area contributed by atoms with Crippen molar-refractivity contribution < 1.29 is 13.3 Å². The molecule has 0 atom stereocenters. The van der Waals surface area contributed by atoms with Crippen LogP contribution in [0.4, 0.5) is 14.6 Å². The van der Waals surface area contributed by atoms with Gasteiger partial charge in [0, 0.05) is 13.1 Å². The summed E-state index contributed by atoms with van der Waals surface area (Å²) < 4.78 is 31.0. The van der Waals surface area contributed by atoms with Crippen LogP contribution < -0.4 is 5.32 Å². The zero-order chi connectivity index (χ0) is 15.0. The van der Waals surface area contributed by atoms with Gasteiger partial charge in [0.05, 0.1) is 18.1 Å². The third-order valence-electron chi connectivity index (χ3n) is 2.93. The zero-order valence-corrected chi connectivity index (χ0v) is 11.3. The molecule has 0 radical (unpaired) electrons. The Bertz CT molecular complexity index is 781. The number of fused-ring (bicyclic) bond motifs is 1. The van der Waals surface area contributed by atoms with Crippen LogP contribution in [0.5, 0.6) is 0 Å². The molecule has 0 aliphatic carbocycles. The van der Waals surface area contributed by atoms with Crippen molar-refractivity contribution in [2.24, 2.45) is 7.05 Å². The minimum Gasteiger partial charge on any atom is -0.364 e. The van der Waals surface area contributed by atoms with Crippen molar-refractivity contribution in [1.29, 1.82) is 0 Å². The summed E-state index contributed by atoms with van der Waals surface area (Å²) in [6.07, 6.45) is -1.03. The first-order valence-electron chi connectivity index (χ1n) is 6.18. The summed E-state index contributed by atoms with van der Waals surface area (Å²) in [5.41, 5.74) is 1.07. The number of aryl methyl sites for hydroxylation is 2. The summed E-state index contributed by atoms with van der Waals surface area (Å²) in [6, 6.07) is 1.21. The lowest BCUT2D eigenvalue weighted by molar-refractivity contribution is 0.112. The Kier molecular flexibility index (Phi) is 3.24. The number of halogens is 2. The second-order valence-electron chi connectivity index (χ2n) is 4.50. The van der Waals surface area contributed by atoms with E-state index < -0.39 is 12.2 Å². The van der Waals surface area contributed by atoms with E-state index in [-0.39, 0.29) is 6.54 Å². The van der Waals surface area contributed by atoms with Gasteiger partial charge in [0.2, 0.25) is 5.76 Å². The molecule has 0 aliphatic heterocycles. The SMILES string of the molecule is Cc1nc(NCc2cc(C(F)F)on2)c2cnn(C)c2n1. The van der Waals surface area contributed by atoms with E-state index in [0.29, 0.717) is 23.0 Å². The molecule has 3 aromatic heterocycles. The molecule has 7 nitrogen and oxygen atoms in total. The Balaban J connectivity index is 1.84. The van der Waals surface area contributed by atoms with Crippen molar-refractivity contribution in [3.8, 4) is 0 Å². The highest BCUT2D eigenvalue weighted by molar-refractivity contribution is 5.86. The number of nitrogens with zero attached hydrogens (tertiary/aromatic N) is 5. The van der Waals surface area contributed by atoms with E-state index in [1.165, 1.54) is 6.07 Å². The lowest BCUT2D eigenvalue weighted by Gasteiger charge is -2.05. The minimum absolute atomic E-state index is 0.219. The first-order chi connectivity index (χ1) is 10.0. The number of aromatic nitrogens is 5. The fraction of sp³-hybridized carbons (Fsp3) is 0.333. The molecular formula is C12H12F2N6O. The summed E-state index contributed by atoms with van der Waals surface area (Å²) in [7, 11) is 1.78. The molecule has 0 spiro atoms. The van der Waals surface area contributed by atoms with Gasteiger partial charge in [-0.15, -0.1) is 0 Å². The summed E-state index contributed by atoms with van der Waals surface area (Å²) in [6.45, 7) is 1.99. The molecule has 21 heavy (non-hydrogen) atoms. The van der Waals surface area contributed by atoms with Gasteiger partial charge < -0.3 is 9.84 Å². The minimum atomic E-state index is -2.67. The Labute approximate surface area is 118 Å². The van der Waals surface area contributed by atoms with Crippen molar-refractivity contribution in [2.75, 3.05) is 5.32 Å². The maximum Gasteiger partial charge on any atom is 0.298 e. The monoisotopic (exact) mass is 294 g/mol. The number of alkyl halides is 2. The highest BCUT2D eigenvalue weighted by atomic mass is 19.3. The van der Waals surface area contributed by atoms with Crippen LogP contribution in [0, 0.1) is 6.92 Å². The Morgan fingerprint density at radius 3 is 2.90 bits per heavy atom. The van der Waals surface area contributed by atoms with E-state index in [0.717, 1.165) is 5.39 Å². The zero-order valence-electron chi connectivity index (χ0n) is 11.3. The number of rotatable bonds is 4. The van der Waals surface area contributed by atoms with Crippen LogP contribution in [-0.2, 0) is 13.6 Å². The lowest BCUT2D eigenvalue weighted by atomic mass is 10.3. The average Bonchev–Trinajstić information content (AvgIpc) is 3.04. The van der Waals surface area contributed by atoms with Crippen LogP contribution in [0.25, 0.3) is 11.0 Å². The van der Waals surface area contributed by atoms with Crippen LogP contribution in [0.2, 0.25) is 0 Å². The molecule has 0 fully saturated rings. The molecule has 0 saturated carbocycles. The molecule has 0 aromatic carbocycles. The van der Waals surface area contributed by atoms with Gasteiger partial charge in [-0.25, -0.2) is 18.7 Å². The van der Waals surface area contributed by atoms with Gasteiger partial charge >= 0.3 is 0 Å². The molecular weight excluding hydrogens is 282 g/mol. The van der Waals surface area contributed by atoms with Gasteiger partial charge in [-0.05, 0) is 6.92 Å². The third kappa shape index (κ3) is 2.54. The van der Waals surface area contributed by atoms with Gasteiger partial charge in [0.1, 0.15) is 17.3 Å². The van der Waals surface area contributed by atoms with Gasteiger partial charge in [-0.1, -0.05) is 5.16 Å². The Morgan fingerprint density at radius 2 is 2.19 bits per heavy atom. The molecule has 0 unspecified atom stereocenters. The number of hydrogen-bond donors (Lipinski definition) is 1. The lowest BCUT2D eigenvalue weighted by Crippen LogP contribution is -2.04. The molecule has 0 amide bonds. The molecule has 0 bridgehead atoms. The second kappa shape index (κ2) is 5.08. The standard InChI is InChI=1S/C12H12F2N6O/c1-6-17-11(8-5-16-20(2)12(8)18-6)15-4-7-3-9(10(13)14)21-19-7/h3,5,10H,4H2,1-2H3,(H,15,17,18). The predicted molar refractivity (Wildman–Crippen MR) is 69.8 cm³/mol. The van der Waals surface area contributed by atoms with Crippen LogP contribution in [0.15, 0.2) is 16.8 Å². The second-order valence-corrected chi connectivity index (χ2v) is 4.50. The molecule has 9 heteroatoms. The molecule has 3 heterocycles. The van der Waals surface area contributed by atoms with Gasteiger partial charge in [0.25, 0.3) is 6.43 Å².